The quantitative estimate of drug-likeness (QED) is 0.430. The summed E-state index contributed by atoms with van der Waals surface area (Å²) in [4.78, 5) is 12.1. The smallest absolute Gasteiger partial charge is 0.248 e. The number of methoxy groups -OCH3 is 1. The Morgan fingerprint density at radius 2 is 1.83 bits per heavy atom. The Morgan fingerprint density at radius 1 is 1.10 bits per heavy atom. The van der Waals surface area contributed by atoms with Crippen molar-refractivity contribution in [3.63, 3.8) is 0 Å². The van der Waals surface area contributed by atoms with Gasteiger partial charge in [-0.2, -0.15) is 0 Å². The summed E-state index contributed by atoms with van der Waals surface area (Å²) in [5, 5.41) is 2.64. The van der Waals surface area contributed by atoms with Crippen molar-refractivity contribution in [2.45, 2.75) is 6.61 Å². The van der Waals surface area contributed by atoms with Gasteiger partial charge in [-0.05, 0) is 70.0 Å². The van der Waals surface area contributed by atoms with Gasteiger partial charge in [0.1, 0.15) is 18.2 Å². The molecule has 0 aliphatic carbocycles. The third kappa shape index (κ3) is 5.67. The Kier molecular flexibility index (Phi) is 7.19. The van der Waals surface area contributed by atoms with Crippen LogP contribution < -0.4 is 14.8 Å². The Balaban J connectivity index is 1.71. The van der Waals surface area contributed by atoms with Crippen molar-refractivity contribution >= 4 is 33.6 Å². The predicted molar refractivity (Wildman–Crippen MR) is 115 cm³/mol. The first-order valence-electron chi connectivity index (χ1n) is 8.94. The number of halogens is 3. The van der Waals surface area contributed by atoms with E-state index in [0.29, 0.717) is 32.8 Å². The van der Waals surface area contributed by atoms with E-state index in [1.807, 2.05) is 0 Å². The second-order valence-electron chi connectivity index (χ2n) is 6.24. The number of anilines is 1. The average Bonchev–Trinajstić information content (AvgIpc) is 2.74. The second kappa shape index (κ2) is 10.0. The van der Waals surface area contributed by atoms with Gasteiger partial charge in [0.05, 0.1) is 11.6 Å². The van der Waals surface area contributed by atoms with Gasteiger partial charge in [-0.25, -0.2) is 8.78 Å². The number of rotatable bonds is 7. The summed E-state index contributed by atoms with van der Waals surface area (Å²) in [5.74, 6) is -0.235. The molecular formula is C23H18BrF2NO3. The minimum Gasteiger partial charge on any atom is -0.493 e. The molecule has 0 unspecified atom stereocenters. The van der Waals surface area contributed by atoms with Crippen LogP contribution >= 0.6 is 15.9 Å². The summed E-state index contributed by atoms with van der Waals surface area (Å²) in [6, 6.07) is 15.3. The standard InChI is InChI=1S/C23H18BrF2NO3/c1-29-21-13-15(6-11-22(28)27-18-9-7-17(25)8-10-18)12-19(24)23(21)30-14-16-4-2-3-5-20(16)26/h2-13H,14H2,1H3,(H,27,28)/b11-6+. The lowest BCUT2D eigenvalue weighted by atomic mass is 10.1. The Morgan fingerprint density at radius 3 is 2.53 bits per heavy atom. The first kappa shape index (κ1) is 21.5. The van der Waals surface area contributed by atoms with Crippen LogP contribution in [-0.2, 0) is 11.4 Å². The van der Waals surface area contributed by atoms with Crippen LogP contribution in [0.2, 0.25) is 0 Å². The van der Waals surface area contributed by atoms with Crippen LogP contribution in [0.1, 0.15) is 11.1 Å². The lowest BCUT2D eigenvalue weighted by molar-refractivity contribution is -0.111. The molecule has 30 heavy (non-hydrogen) atoms. The minimum absolute atomic E-state index is 0.0386. The highest BCUT2D eigenvalue weighted by molar-refractivity contribution is 9.10. The molecule has 3 rings (SSSR count). The summed E-state index contributed by atoms with van der Waals surface area (Å²) in [5.41, 5.74) is 1.60. The fourth-order valence-electron chi connectivity index (χ4n) is 2.63. The molecule has 0 radical (unpaired) electrons. The summed E-state index contributed by atoms with van der Waals surface area (Å²) in [6.07, 6.45) is 2.96. The number of amides is 1. The van der Waals surface area contributed by atoms with E-state index < -0.39 is 0 Å². The fraction of sp³-hybridized carbons (Fsp3) is 0.0870. The number of hydrogen-bond donors (Lipinski definition) is 1. The van der Waals surface area contributed by atoms with Gasteiger partial charge in [-0.3, -0.25) is 4.79 Å². The van der Waals surface area contributed by atoms with Crippen molar-refractivity contribution in [3.8, 4) is 11.5 Å². The third-order valence-electron chi connectivity index (χ3n) is 4.12. The van der Waals surface area contributed by atoms with E-state index in [0.717, 1.165) is 0 Å². The SMILES string of the molecule is COc1cc(/C=C/C(=O)Nc2ccc(F)cc2)cc(Br)c1OCc1ccccc1F. The van der Waals surface area contributed by atoms with Gasteiger partial charge >= 0.3 is 0 Å². The molecule has 0 aromatic heterocycles. The summed E-state index contributed by atoms with van der Waals surface area (Å²) in [6.45, 7) is 0.0386. The van der Waals surface area contributed by atoms with E-state index in [9.17, 15) is 13.6 Å². The highest BCUT2D eigenvalue weighted by atomic mass is 79.9. The molecule has 0 atom stereocenters. The predicted octanol–water partition coefficient (Wildman–Crippen LogP) is 5.97. The topological polar surface area (TPSA) is 47.6 Å². The zero-order chi connectivity index (χ0) is 21.5. The molecule has 0 heterocycles. The van der Waals surface area contributed by atoms with E-state index in [1.54, 1.807) is 36.4 Å². The van der Waals surface area contributed by atoms with E-state index in [-0.39, 0.29) is 24.1 Å². The molecule has 0 bridgehead atoms. The zero-order valence-electron chi connectivity index (χ0n) is 16.0. The molecule has 154 valence electrons. The molecule has 0 spiro atoms. The average molecular weight is 474 g/mol. The Labute approximate surface area is 181 Å². The number of carbonyl (C=O) groups excluding carboxylic acids is 1. The molecule has 1 N–H and O–H groups in total. The molecule has 0 saturated carbocycles. The van der Waals surface area contributed by atoms with Crippen LogP contribution in [0.25, 0.3) is 6.08 Å². The van der Waals surface area contributed by atoms with Gasteiger partial charge < -0.3 is 14.8 Å². The van der Waals surface area contributed by atoms with E-state index in [2.05, 4.69) is 21.2 Å². The van der Waals surface area contributed by atoms with Gasteiger partial charge in [-0.15, -0.1) is 0 Å². The van der Waals surface area contributed by atoms with Crippen molar-refractivity contribution in [2.75, 3.05) is 12.4 Å². The summed E-state index contributed by atoms with van der Waals surface area (Å²) in [7, 11) is 1.49. The van der Waals surface area contributed by atoms with Crippen molar-refractivity contribution < 1.29 is 23.0 Å². The Hall–Kier alpha value is -3.19. The largest absolute Gasteiger partial charge is 0.493 e. The zero-order valence-corrected chi connectivity index (χ0v) is 17.6. The Bertz CT molecular complexity index is 1070. The molecule has 1 amide bonds. The molecule has 4 nitrogen and oxygen atoms in total. The van der Waals surface area contributed by atoms with E-state index in [4.69, 9.17) is 9.47 Å². The fourth-order valence-corrected chi connectivity index (χ4v) is 3.20. The van der Waals surface area contributed by atoms with Crippen LogP contribution in [0.5, 0.6) is 11.5 Å². The monoisotopic (exact) mass is 473 g/mol. The van der Waals surface area contributed by atoms with Crippen molar-refractivity contribution in [1.29, 1.82) is 0 Å². The third-order valence-corrected chi connectivity index (χ3v) is 4.71. The van der Waals surface area contributed by atoms with Gasteiger partial charge in [0.25, 0.3) is 0 Å². The van der Waals surface area contributed by atoms with E-state index in [1.165, 1.54) is 43.5 Å². The van der Waals surface area contributed by atoms with Gasteiger partial charge in [0.15, 0.2) is 11.5 Å². The van der Waals surface area contributed by atoms with Crippen LogP contribution in [0.4, 0.5) is 14.5 Å². The number of nitrogens with one attached hydrogen (secondary N) is 1. The molecule has 0 fully saturated rings. The van der Waals surface area contributed by atoms with Gasteiger partial charge in [-0.1, -0.05) is 18.2 Å². The summed E-state index contributed by atoms with van der Waals surface area (Å²) < 4.78 is 38.5. The maximum atomic E-state index is 13.8. The van der Waals surface area contributed by atoms with Crippen LogP contribution in [0.3, 0.4) is 0 Å². The summed E-state index contributed by atoms with van der Waals surface area (Å²) >= 11 is 3.43. The van der Waals surface area contributed by atoms with Crippen molar-refractivity contribution in [2.24, 2.45) is 0 Å². The van der Waals surface area contributed by atoms with Crippen molar-refractivity contribution in [1.82, 2.24) is 0 Å². The normalized spacial score (nSPS) is 10.8. The molecule has 3 aromatic rings. The minimum atomic E-state index is -0.377. The highest BCUT2D eigenvalue weighted by Crippen LogP contribution is 2.37. The van der Waals surface area contributed by atoms with Crippen molar-refractivity contribution in [3.05, 3.63) is 94.0 Å². The number of hydrogen-bond acceptors (Lipinski definition) is 3. The number of carbonyl (C=O) groups is 1. The first-order valence-corrected chi connectivity index (χ1v) is 9.74. The molecule has 3 aromatic carbocycles. The highest BCUT2D eigenvalue weighted by Gasteiger charge is 2.12. The van der Waals surface area contributed by atoms with Crippen LogP contribution in [0, 0.1) is 11.6 Å². The molecule has 0 saturated heterocycles. The van der Waals surface area contributed by atoms with Gasteiger partial charge in [0.2, 0.25) is 5.91 Å². The molecule has 7 heteroatoms. The lowest BCUT2D eigenvalue weighted by Crippen LogP contribution is -2.07. The molecular weight excluding hydrogens is 456 g/mol. The number of benzene rings is 3. The first-order chi connectivity index (χ1) is 14.5. The van der Waals surface area contributed by atoms with Gasteiger partial charge in [0, 0.05) is 17.3 Å². The second-order valence-corrected chi connectivity index (χ2v) is 7.10. The molecule has 0 aliphatic rings. The molecule has 0 aliphatic heterocycles. The maximum absolute atomic E-state index is 13.8. The lowest BCUT2D eigenvalue weighted by Gasteiger charge is -2.14. The van der Waals surface area contributed by atoms with Crippen LogP contribution in [0.15, 0.2) is 71.2 Å². The van der Waals surface area contributed by atoms with Crippen LogP contribution in [-0.4, -0.2) is 13.0 Å². The maximum Gasteiger partial charge on any atom is 0.248 e. The van der Waals surface area contributed by atoms with E-state index >= 15 is 0 Å². The number of ether oxygens (including phenoxy) is 2.